The van der Waals surface area contributed by atoms with Gasteiger partial charge in [0.2, 0.25) is 10.0 Å². The Hall–Kier alpha value is -1.11. The summed E-state index contributed by atoms with van der Waals surface area (Å²) in [4.78, 5) is 11.9. The van der Waals surface area contributed by atoms with Crippen LogP contribution < -0.4 is 5.14 Å². The fourth-order valence-electron chi connectivity index (χ4n) is 2.25. The van der Waals surface area contributed by atoms with Crippen LogP contribution in [-0.2, 0) is 14.8 Å². The number of rotatable bonds is 3. The molecule has 1 aromatic carbocycles. The largest absolute Gasteiger partial charge is 0.459 e. The fraction of sp³-hybridized carbons (Fsp3) is 0.462. The summed E-state index contributed by atoms with van der Waals surface area (Å²) in [5.41, 5.74) is 0.635. The lowest BCUT2D eigenvalue weighted by molar-refractivity contribution is 0.0316. The molecule has 7 heteroatoms. The van der Waals surface area contributed by atoms with Crippen LogP contribution >= 0.6 is 11.6 Å². The second-order valence-corrected chi connectivity index (χ2v) is 6.90. The minimum atomic E-state index is -3.92. The van der Waals surface area contributed by atoms with Crippen LogP contribution in [0.3, 0.4) is 0 Å². The Kier molecular flexibility index (Phi) is 4.36. The predicted molar refractivity (Wildman–Crippen MR) is 75.2 cm³/mol. The van der Waals surface area contributed by atoms with Crippen LogP contribution in [0.5, 0.6) is 0 Å². The van der Waals surface area contributed by atoms with Gasteiger partial charge in [-0.05, 0) is 50.3 Å². The first-order chi connectivity index (χ1) is 9.29. The zero-order valence-corrected chi connectivity index (χ0v) is 12.6. The molecule has 0 amide bonds. The van der Waals surface area contributed by atoms with E-state index in [1.54, 1.807) is 6.92 Å². The first-order valence-corrected chi connectivity index (χ1v) is 8.25. The van der Waals surface area contributed by atoms with Gasteiger partial charge in [0.15, 0.2) is 0 Å². The van der Waals surface area contributed by atoms with Gasteiger partial charge in [-0.25, -0.2) is 18.4 Å². The number of hydrogen-bond acceptors (Lipinski definition) is 4. The number of carbonyl (C=O) groups excluding carboxylic acids is 1. The standard InChI is InChI=1S/C13H16ClNO4S/c1-8-11(13(16)19-9-4-2-3-5-9)6-10(7-12(8)14)20(15,17)18/h6-7,9H,2-5H2,1H3,(H2,15,17,18). The Morgan fingerprint density at radius 2 is 1.95 bits per heavy atom. The maximum Gasteiger partial charge on any atom is 0.338 e. The van der Waals surface area contributed by atoms with E-state index < -0.39 is 16.0 Å². The molecule has 20 heavy (non-hydrogen) atoms. The van der Waals surface area contributed by atoms with E-state index in [2.05, 4.69) is 0 Å². The minimum Gasteiger partial charge on any atom is -0.459 e. The van der Waals surface area contributed by atoms with E-state index in [-0.39, 0.29) is 21.6 Å². The Balaban J connectivity index is 2.34. The van der Waals surface area contributed by atoms with E-state index in [4.69, 9.17) is 21.5 Å². The Morgan fingerprint density at radius 3 is 2.50 bits per heavy atom. The molecular weight excluding hydrogens is 302 g/mol. The number of carbonyl (C=O) groups is 1. The number of primary sulfonamides is 1. The highest BCUT2D eigenvalue weighted by Crippen LogP contribution is 2.27. The van der Waals surface area contributed by atoms with Gasteiger partial charge in [-0.1, -0.05) is 11.6 Å². The molecule has 1 aliphatic carbocycles. The summed E-state index contributed by atoms with van der Waals surface area (Å²) in [5, 5.41) is 5.25. The molecule has 0 unspecified atom stereocenters. The number of sulfonamides is 1. The van der Waals surface area contributed by atoms with E-state index in [9.17, 15) is 13.2 Å². The third-order valence-corrected chi connectivity index (χ3v) is 4.73. The average molecular weight is 318 g/mol. The van der Waals surface area contributed by atoms with Crippen LogP contribution in [0.1, 0.15) is 41.6 Å². The molecule has 0 bridgehead atoms. The molecule has 0 saturated heterocycles. The topological polar surface area (TPSA) is 86.5 Å². The van der Waals surface area contributed by atoms with Gasteiger partial charge < -0.3 is 4.74 Å². The van der Waals surface area contributed by atoms with Crippen molar-refractivity contribution in [2.45, 2.75) is 43.6 Å². The first-order valence-electron chi connectivity index (χ1n) is 6.33. The summed E-state index contributed by atoms with van der Waals surface area (Å²) in [6, 6.07) is 2.45. The van der Waals surface area contributed by atoms with Crippen molar-refractivity contribution in [1.82, 2.24) is 0 Å². The monoisotopic (exact) mass is 317 g/mol. The van der Waals surface area contributed by atoms with Crippen LogP contribution in [0.4, 0.5) is 0 Å². The molecule has 1 fully saturated rings. The maximum absolute atomic E-state index is 12.1. The summed E-state index contributed by atoms with van der Waals surface area (Å²) < 4.78 is 28.1. The number of esters is 1. The molecule has 2 N–H and O–H groups in total. The third-order valence-electron chi connectivity index (χ3n) is 3.44. The highest BCUT2D eigenvalue weighted by molar-refractivity contribution is 7.89. The van der Waals surface area contributed by atoms with Crippen LogP contribution in [-0.4, -0.2) is 20.5 Å². The first kappa shape index (κ1) is 15.3. The fourth-order valence-corrected chi connectivity index (χ4v) is 3.10. The van der Waals surface area contributed by atoms with Gasteiger partial charge >= 0.3 is 5.97 Å². The van der Waals surface area contributed by atoms with Crippen LogP contribution in [0.2, 0.25) is 5.02 Å². The van der Waals surface area contributed by atoms with Crippen LogP contribution in [0, 0.1) is 6.92 Å². The van der Waals surface area contributed by atoms with Gasteiger partial charge in [0, 0.05) is 5.02 Å². The quantitative estimate of drug-likeness (QED) is 0.867. The molecule has 0 aliphatic heterocycles. The number of ether oxygens (including phenoxy) is 1. The van der Waals surface area contributed by atoms with Gasteiger partial charge in [0.25, 0.3) is 0 Å². The average Bonchev–Trinajstić information content (AvgIpc) is 2.83. The van der Waals surface area contributed by atoms with E-state index in [0.717, 1.165) is 25.7 Å². The minimum absolute atomic E-state index is 0.0983. The lowest BCUT2D eigenvalue weighted by Gasteiger charge is -2.14. The SMILES string of the molecule is Cc1c(Cl)cc(S(N)(=O)=O)cc1C(=O)OC1CCCC1. The molecule has 0 heterocycles. The lowest BCUT2D eigenvalue weighted by atomic mass is 10.1. The molecule has 110 valence electrons. The normalized spacial score (nSPS) is 16.4. The lowest BCUT2D eigenvalue weighted by Crippen LogP contribution is -2.18. The highest BCUT2D eigenvalue weighted by atomic mass is 35.5. The molecule has 5 nitrogen and oxygen atoms in total. The summed E-state index contributed by atoms with van der Waals surface area (Å²) in [7, 11) is -3.92. The third kappa shape index (κ3) is 3.31. The molecule has 1 saturated carbocycles. The van der Waals surface area contributed by atoms with E-state index >= 15 is 0 Å². The Morgan fingerprint density at radius 1 is 1.35 bits per heavy atom. The van der Waals surface area contributed by atoms with Gasteiger partial charge in [0.1, 0.15) is 6.10 Å². The number of nitrogens with two attached hydrogens (primary N) is 1. The zero-order chi connectivity index (χ0) is 14.9. The molecule has 0 spiro atoms. The van der Waals surface area contributed by atoms with Crippen molar-refractivity contribution in [3.63, 3.8) is 0 Å². The van der Waals surface area contributed by atoms with Gasteiger partial charge in [-0.3, -0.25) is 0 Å². The van der Waals surface area contributed by atoms with Gasteiger partial charge in [-0.2, -0.15) is 0 Å². The van der Waals surface area contributed by atoms with Gasteiger partial charge in [-0.15, -0.1) is 0 Å². The van der Waals surface area contributed by atoms with Crippen LogP contribution in [0.25, 0.3) is 0 Å². The molecule has 0 radical (unpaired) electrons. The molecule has 0 aromatic heterocycles. The molecular formula is C13H16ClNO4S. The van der Waals surface area contributed by atoms with Crippen molar-refractivity contribution < 1.29 is 17.9 Å². The number of benzene rings is 1. The second-order valence-electron chi connectivity index (χ2n) is 4.93. The smallest absolute Gasteiger partial charge is 0.338 e. The highest BCUT2D eigenvalue weighted by Gasteiger charge is 2.23. The Labute approximate surface area is 123 Å². The van der Waals surface area contributed by atoms with Crippen molar-refractivity contribution in [3.05, 3.63) is 28.3 Å². The molecule has 1 aromatic rings. The van der Waals surface area contributed by atoms with Crippen molar-refractivity contribution >= 4 is 27.6 Å². The molecule has 0 atom stereocenters. The van der Waals surface area contributed by atoms with Crippen molar-refractivity contribution in [2.24, 2.45) is 5.14 Å². The van der Waals surface area contributed by atoms with E-state index in [0.29, 0.717) is 5.56 Å². The summed E-state index contributed by atoms with van der Waals surface area (Å²) in [6.07, 6.45) is 3.66. The summed E-state index contributed by atoms with van der Waals surface area (Å²) in [5.74, 6) is -0.554. The zero-order valence-electron chi connectivity index (χ0n) is 11.1. The van der Waals surface area contributed by atoms with E-state index in [1.165, 1.54) is 12.1 Å². The Bertz CT molecular complexity index is 636. The maximum atomic E-state index is 12.1. The van der Waals surface area contributed by atoms with Crippen molar-refractivity contribution in [3.8, 4) is 0 Å². The molecule has 2 rings (SSSR count). The van der Waals surface area contributed by atoms with Gasteiger partial charge in [0.05, 0.1) is 10.5 Å². The van der Waals surface area contributed by atoms with E-state index in [1.807, 2.05) is 0 Å². The second kappa shape index (κ2) is 5.71. The summed E-state index contributed by atoms with van der Waals surface area (Å²) >= 11 is 5.96. The number of hydrogen-bond donors (Lipinski definition) is 1. The van der Waals surface area contributed by atoms with Crippen molar-refractivity contribution in [2.75, 3.05) is 0 Å². The number of halogens is 1. The molecule has 1 aliphatic rings. The predicted octanol–water partition coefficient (Wildman–Crippen LogP) is 2.40. The van der Waals surface area contributed by atoms with Crippen molar-refractivity contribution in [1.29, 1.82) is 0 Å². The van der Waals surface area contributed by atoms with Crippen LogP contribution in [0.15, 0.2) is 17.0 Å². The summed E-state index contributed by atoms with van der Waals surface area (Å²) in [6.45, 7) is 1.64.